The molecule has 2 aromatic rings. The van der Waals surface area contributed by atoms with Crippen LogP contribution in [0.25, 0.3) is 0 Å². The van der Waals surface area contributed by atoms with Crippen LogP contribution in [0.2, 0.25) is 0 Å². The molecule has 1 atom stereocenters. The van der Waals surface area contributed by atoms with Crippen LogP contribution in [-0.4, -0.2) is 10.8 Å². The van der Waals surface area contributed by atoms with E-state index in [1.165, 1.54) is 11.0 Å². The number of allylic oxidation sites excluding steroid dienone is 3. The molecule has 7 heteroatoms. The number of hydrogen-bond donors (Lipinski definition) is 1. The van der Waals surface area contributed by atoms with Crippen molar-refractivity contribution in [3.05, 3.63) is 81.2 Å². The van der Waals surface area contributed by atoms with Gasteiger partial charge in [0.15, 0.2) is 5.78 Å². The predicted molar refractivity (Wildman–Crippen MR) is 106 cm³/mol. The van der Waals surface area contributed by atoms with Crippen molar-refractivity contribution in [3.8, 4) is 6.07 Å². The van der Waals surface area contributed by atoms with Crippen molar-refractivity contribution in [3.63, 3.8) is 0 Å². The highest BCUT2D eigenvalue weighted by Gasteiger charge is 2.40. The molecule has 0 unspecified atom stereocenters. The van der Waals surface area contributed by atoms with Crippen molar-refractivity contribution in [2.75, 3.05) is 4.90 Å². The van der Waals surface area contributed by atoms with Gasteiger partial charge in [-0.15, -0.1) is 0 Å². The van der Waals surface area contributed by atoms with E-state index in [0.717, 1.165) is 5.56 Å². The van der Waals surface area contributed by atoms with Crippen LogP contribution >= 0.6 is 15.9 Å². The van der Waals surface area contributed by atoms with Crippen molar-refractivity contribution >= 4 is 27.4 Å². The zero-order chi connectivity index (χ0) is 19.8. The Morgan fingerprint density at radius 3 is 2.82 bits per heavy atom. The van der Waals surface area contributed by atoms with Gasteiger partial charge in [-0.2, -0.15) is 5.26 Å². The van der Waals surface area contributed by atoms with E-state index in [-0.39, 0.29) is 22.9 Å². The van der Waals surface area contributed by atoms with E-state index in [2.05, 4.69) is 27.0 Å². The SMILES string of the molecule is N#CC1=C(N)N(c2ccc(Br)cc2F)C2=C(C(=O)CCC2)[C@@H]1c1cccnc1. The summed E-state index contributed by atoms with van der Waals surface area (Å²) in [6.07, 6.45) is 4.89. The van der Waals surface area contributed by atoms with Gasteiger partial charge in [0.05, 0.1) is 23.2 Å². The molecule has 0 radical (unpaired) electrons. The number of anilines is 1. The van der Waals surface area contributed by atoms with Crippen molar-refractivity contribution in [2.45, 2.75) is 25.2 Å². The van der Waals surface area contributed by atoms with Gasteiger partial charge in [-0.3, -0.25) is 14.7 Å². The number of nitriles is 1. The fraction of sp³-hybridized carbons (Fsp3) is 0.190. The van der Waals surface area contributed by atoms with E-state index < -0.39 is 11.7 Å². The summed E-state index contributed by atoms with van der Waals surface area (Å²) >= 11 is 3.25. The van der Waals surface area contributed by atoms with Gasteiger partial charge in [0.2, 0.25) is 0 Å². The quantitative estimate of drug-likeness (QED) is 0.755. The van der Waals surface area contributed by atoms with E-state index in [9.17, 15) is 14.4 Å². The van der Waals surface area contributed by atoms with Crippen LogP contribution in [0.3, 0.4) is 0 Å². The molecule has 0 spiro atoms. The Morgan fingerprint density at radius 1 is 1.32 bits per heavy atom. The summed E-state index contributed by atoms with van der Waals surface area (Å²) < 4.78 is 15.4. The summed E-state index contributed by atoms with van der Waals surface area (Å²) in [7, 11) is 0. The number of carbonyl (C=O) groups excluding carboxylic acids is 1. The van der Waals surface area contributed by atoms with Gasteiger partial charge in [-0.25, -0.2) is 4.39 Å². The number of ketones is 1. The summed E-state index contributed by atoms with van der Waals surface area (Å²) in [5, 5.41) is 9.88. The minimum absolute atomic E-state index is 0.0436. The largest absolute Gasteiger partial charge is 0.384 e. The Kier molecular flexibility index (Phi) is 4.73. The number of halogens is 2. The molecule has 2 N–H and O–H groups in total. The third-order valence-corrected chi connectivity index (χ3v) is 5.57. The molecule has 0 bridgehead atoms. The molecule has 1 aliphatic carbocycles. The number of pyridine rings is 1. The first-order valence-electron chi connectivity index (χ1n) is 8.84. The van der Waals surface area contributed by atoms with Gasteiger partial charge in [-0.05, 0) is 42.7 Å². The fourth-order valence-corrected chi connectivity index (χ4v) is 4.24. The van der Waals surface area contributed by atoms with Gasteiger partial charge in [-0.1, -0.05) is 22.0 Å². The lowest BCUT2D eigenvalue weighted by Crippen LogP contribution is -2.39. The molecule has 0 saturated heterocycles. The average molecular weight is 439 g/mol. The molecule has 0 amide bonds. The standard InChI is InChI=1S/C21H16BrFN4O/c22-13-6-7-16(15(23)9-13)27-17-4-1-5-18(28)20(17)19(14(10-24)21(27)25)12-3-2-8-26-11-12/h2-3,6-9,11,19H,1,4-5,25H2/t19-/m1/s1. The minimum Gasteiger partial charge on any atom is -0.384 e. The van der Waals surface area contributed by atoms with Crippen molar-refractivity contribution in [2.24, 2.45) is 5.73 Å². The number of aromatic nitrogens is 1. The minimum atomic E-state index is -0.587. The number of nitrogens with two attached hydrogens (primary N) is 1. The zero-order valence-corrected chi connectivity index (χ0v) is 16.4. The molecular formula is C21H16BrFN4O. The van der Waals surface area contributed by atoms with Gasteiger partial charge in [0, 0.05) is 34.6 Å². The molecule has 28 heavy (non-hydrogen) atoms. The van der Waals surface area contributed by atoms with E-state index in [0.29, 0.717) is 35.0 Å². The van der Waals surface area contributed by atoms with Gasteiger partial charge in [0.25, 0.3) is 0 Å². The molecule has 4 rings (SSSR count). The van der Waals surface area contributed by atoms with Crippen LogP contribution in [0.4, 0.5) is 10.1 Å². The number of hydrogen-bond acceptors (Lipinski definition) is 5. The molecule has 1 aromatic heterocycles. The summed E-state index contributed by atoms with van der Waals surface area (Å²) in [6, 6.07) is 10.4. The fourth-order valence-electron chi connectivity index (χ4n) is 3.90. The molecule has 1 aliphatic heterocycles. The van der Waals surface area contributed by atoms with Crippen LogP contribution in [-0.2, 0) is 4.79 Å². The van der Waals surface area contributed by atoms with E-state index >= 15 is 0 Å². The smallest absolute Gasteiger partial charge is 0.161 e. The van der Waals surface area contributed by atoms with Crippen LogP contribution < -0.4 is 10.6 Å². The zero-order valence-electron chi connectivity index (χ0n) is 14.8. The molecule has 5 nitrogen and oxygen atoms in total. The monoisotopic (exact) mass is 438 g/mol. The third kappa shape index (κ3) is 2.90. The number of Topliss-reactive ketones (excluding diaryl/α,β-unsaturated/α-hetero) is 1. The number of nitrogens with zero attached hydrogens (tertiary/aromatic N) is 3. The summed E-state index contributed by atoms with van der Waals surface area (Å²) in [5.41, 5.74) is 8.73. The Hall–Kier alpha value is -2.98. The topological polar surface area (TPSA) is 83.0 Å². The second-order valence-corrected chi connectivity index (χ2v) is 7.61. The normalized spacial score (nSPS) is 19.5. The maximum absolute atomic E-state index is 14.8. The lowest BCUT2D eigenvalue weighted by Gasteiger charge is -2.39. The second kappa shape index (κ2) is 7.21. The molecular weight excluding hydrogens is 423 g/mol. The first kappa shape index (κ1) is 18.4. The van der Waals surface area contributed by atoms with Gasteiger partial charge in [0.1, 0.15) is 11.6 Å². The number of carbonyl (C=O) groups is 1. The predicted octanol–water partition coefficient (Wildman–Crippen LogP) is 4.29. The highest BCUT2D eigenvalue weighted by atomic mass is 79.9. The average Bonchev–Trinajstić information content (AvgIpc) is 2.69. The van der Waals surface area contributed by atoms with Gasteiger partial charge < -0.3 is 5.73 Å². The lowest BCUT2D eigenvalue weighted by molar-refractivity contribution is -0.116. The molecule has 140 valence electrons. The summed E-state index contributed by atoms with van der Waals surface area (Å²) in [6.45, 7) is 0. The summed E-state index contributed by atoms with van der Waals surface area (Å²) in [5.74, 6) is -0.973. The highest BCUT2D eigenvalue weighted by Crippen LogP contribution is 2.46. The maximum Gasteiger partial charge on any atom is 0.161 e. The van der Waals surface area contributed by atoms with Crippen LogP contribution in [0.15, 0.2) is 69.9 Å². The highest BCUT2D eigenvalue weighted by molar-refractivity contribution is 9.10. The number of benzene rings is 1. The second-order valence-electron chi connectivity index (χ2n) is 6.70. The van der Waals surface area contributed by atoms with Crippen LogP contribution in [0, 0.1) is 17.1 Å². The van der Waals surface area contributed by atoms with E-state index in [4.69, 9.17) is 5.73 Å². The van der Waals surface area contributed by atoms with Crippen molar-refractivity contribution in [1.82, 2.24) is 4.98 Å². The molecule has 0 fully saturated rings. The number of rotatable bonds is 2. The Morgan fingerprint density at radius 2 is 2.14 bits per heavy atom. The molecule has 2 aliphatic rings. The molecule has 2 heterocycles. The maximum atomic E-state index is 14.8. The Labute approximate surface area is 170 Å². The molecule has 0 saturated carbocycles. The summed E-state index contributed by atoms with van der Waals surface area (Å²) in [4.78, 5) is 18.6. The first-order chi connectivity index (χ1) is 13.5. The van der Waals surface area contributed by atoms with Crippen LogP contribution in [0.1, 0.15) is 30.7 Å². The lowest BCUT2D eigenvalue weighted by atomic mass is 9.76. The van der Waals surface area contributed by atoms with E-state index in [1.807, 2.05) is 6.07 Å². The molecule has 1 aromatic carbocycles. The Bertz CT molecular complexity index is 1070. The van der Waals surface area contributed by atoms with E-state index in [1.54, 1.807) is 30.6 Å². The Balaban J connectivity index is 1.99. The van der Waals surface area contributed by atoms with Crippen LogP contribution in [0.5, 0.6) is 0 Å². The van der Waals surface area contributed by atoms with Gasteiger partial charge >= 0.3 is 0 Å². The van der Waals surface area contributed by atoms with Crippen molar-refractivity contribution in [1.29, 1.82) is 5.26 Å². The first-order valence-corrected chi connectivity index (χ1v) is 9.63. The third-order valence-electron chi connectivity index (χ3n) is 5.08. The van der Waals surface area contributed by atoms with Crippen molar-refractivity contribution < 1.29 is 9.18 Å².